The summed E-state index contributed by atoms with van der Waals surface area (Å²) in [6.45, 7) is 1.65. The monoisotopic (exact) mass is 418 g/mol. The van der Waals surface area contributed by atoms with Crippen molar-refractivity contribution in [2.75, 3.05) is 18.4 Å². The highest BCUT2D eigenvalue weighted by molar-refractivity contribution is 6.29. The number of likely N-dealkylation sites (tertiary alicyclic amines) is 1. The lowest BCUT2D eigenvalue weighted by atomic mass is 9.91. The quantitative estimate of drug-likeness (QED) is 0.736. The van der Waals surface area contributed by atoms with Gasteiger partial charge in [-0.15, -0.1) is 0 Å². The number of pyridine rings is 1. The van der Waals surface area contributed by atoms with E-state index in [9.17, 15) is 9.18 Å². The third-order valence-electron chi connectivity index (χ3n) is 5.42. The molecule has 0 unspecified atom stereocenters. The minimum atomic E-state index is -0.515. The largest absolute Gasteiger partial charge is 0.365 e. The molecule has 1 aliphatic heterocycles. The summed E-state index contributed by atoms with van der Waals surface area (Å²) in [6, 6.07) is 5.25. The molecule has 7 nitrogen and oxygen atoms in total. The summed E-state index contributed by atoms with van der Waals surface area (Å²) in [4.78, 5) is 26.8. The SMILES string of the molecule is O=C(N[C@@H]1CCC[C@H](Nc2nc(-c3cccc(Cl)n3)ncc2F)C1)N1CCCC1. The normalized spacial score (nSPS) is 21.8. The first-order chi connectivity index (χ1) is 14.1. The number of carbonyl (C=O) groups excluding carboxylic acids is 1. The molecule has 0 aromatic carbocycles. The molecule has 0 spiro atoms. The van der Waals surface area contributed by atoms with Crippen LogP contribution in [0, 0.1) is 5.82 Å². The molecule has 1 saturated carbocycles. The Morgan fingerprint density at radius 3 is 2.72 bits per heavy atom. The predicted molar refractivity (Wildman–Crippen MR) is 109 cm³/mol. The van der Waals surface area contributed by atoms with Gasteiger partial charge in [0, 0.05) is 25.2 Å². The van der Waals surface area contributed by atoms with Gasteiger partial charge in [0.1, 0.15) is 10.8 Å². The molecule has 2 atom stereocenters. The molecule has 2 amide bonds. The van der Waals surface area contributed by atoms with Crippen molar-refractivity contribution < 1.29 is 9.18 Å². The van der Waals surface area contributed by atoms with E-state index in [1.807, 2.05) is 4.90 Å². The van der Waals surface area contributed by atoms with Crippen LogP contribution >= 0.6 is 11.6 Å². The summed E-state index contributed by atoms with van der Waals surface area (Å²) in [6.07, 6.45) is 6.79. The second-order valence-electron chi connectivity index (χ2n) is 7.58. The zero-order valence-corrected chi connectivity index (χ0v) is 16.8. The Bertz CT molecular complexity index is 876. The molecule has 2 N–H and O–H groups in total. The smallest absolute Gasteiger partial charge is 0.317 e. The van der Waals surface area contributed by atoms with E-state index in [0.717, 1.165) is 57.8 Å². The van der Waals surface area contributed by atoms with E-state index >= 15 is 0 Å². The number of carbonyl (C=O) groups is 1. The van der Waals surface area contributed by atoms with Crippen LogP contribution in [0.15, 0.2) is 24.4 Å². The molecule has 1 saturated heterocycles. The van der Waals surface area contributed by atoms with Crippen molar-refractivity contribution in [1.29, 1.82) is 0 Å². The van der Waals surface area contributed by atoms with Gasteiger partial charge >= 0.3 is 6.03 Å². The molecular weight excluding hydrogens is 395 g/mol. The van der Waals surface area contributed by atoms with E-state index in [2.05, 4.69) is 25.6 Å². The average Bonchev–Trinajstić information content (AvgIpc) is 3.25. The Labute approximate surface area is 174 Å². The van der Waals surface area contributed by atoms with Crippen molar-refractivity contribution in [3.63, 3.8) is 0 Å². The minimum absolute atomic E-state index is 0.00989. The molecule has 9 heteroatoms. The van der Waals surface area contributed by atoms with Crippen molar-refractivity contribution in [2.45, 2.75) is 50.6 Å². The highest BCUT2D eigenvalue weighted by Crippen LogP contribution is 2.25. The maximum absolute atomic E-state index is 14.3. The molecule has 2 aromatic rings. The third kappa shape index (κ3) is 4.93. The molecule has 1 aliphatic carbocycles. The van der Waals surface area contributed by atoms with E-state index in [-0.39, 0.29) is 23.9 Å². The Morgan fingerprint density at radius 1 is 1.14 bits per heavy atom. The predicted octanol–water partition coefficient (Wildman–Crippen LogP) is 3.86. The van der Waals surface area contributed by atoms with Crippen LogP contribution in [0.2, 0.25) is 5.15 Å². The number of nitrogens with one attached hydrogen (secondary N) is 2. The minimum Gasteiger partial charge on any atom is -0.365 e. The van der Waals surface area contributed by atoms with E-state index in [0.29, 0.717) is 16.7 Å². The van der Waals surface area contributed by atoms with Crippen LogP contribution in [-0.4, -0.2) is 51.1 Å². The van der Waals surface area contributed by atoms with Gasteiger partial charge in [0.15, 0.2) is 17.5 Å². The average molecular weight is 419 g/mol. The zero-order chi connectivity index (χ0) is 20.2. The topological polar surface area (TPSA) is 83.0 Å². The Hall–Kier alpha value is -2.48. The van der Waals surface area contributed by atoms with Crippen LogP contribution in [-0.2, 0) is 0 Å². The molecule has 0 radical (unpaired) electrons. The Kier molecular flexibility index (Phi) is 6.08. The summed E-state index contributed by atoms with van der Waals surface area (Å²) in [5.74, 6) is -0.0570. The highest BCUT2D eigenvalue weighted by Gasteiger charge is 2.27. The molecule has 2 fully saturated rings. The van der Waals surface area contributed by atoms with E-state index in [1.54, 1.807) is 18.2 Å². The second-order valence-corrected chi connectivity index (χ2v) is 7.97. The summed E-state index contributed by atoms with van der Waals surface area (Å²) >= 11 is 5.93. The zero-order valence-electron chi connectivity index (χ0n) is 16.1. The van der Waals surface area contributed by atoms with E-state index in [4.69, 9.17) is 11.6 Å². The highest BCUT2D eigenvalue weighted by atomic mass is 35.5. The van der Waals surface area contributed by atoms with Crippen LogP contribution in [0.25, 0.3) is 11.5 Å². The second kappa shape index (κ2) is 8.90. The van der Waals surface area contributed by atoms with Gasteiger partial charge in [-0.1, -0.05) is 17.7 Å². The number of aromatic nitrogens is 3. The van der Waals surface area contributed by atoms with Gasteiger partial charge in [-0.25, -0.2) is 24.1 Å². The fourth-order valence-corrected chi connectivity index (χ4v) is 4.12. The Morgan fingerprint density at radius 2 is 1.93 bits per heavy atom. The van der Waals surface area contributed by atoms with Gasteiger partial charge < -0.3 is 15.5 Å². The molecule has 0 bridgehead atoms. The number of urea groups is 1. The first kappa shape index (κ1) is 19.8. The van der Waals surface area contributed by atoms with Crippen LogP contribution in [0.4, 0.5) is 15.0 Å². The van der Waals surface area contributed by atoms with Gasteiger partial charge in [0.2, 0.25) is 0 Å². The molecule has 2 aromatic heterocycles. The van der Waals surface area contributed by atoms with Crippen molar-refractivity contribution in [3.8, 4) is 11.5 Å². The van der Waals surface area contributed by atoms with Gasteiger partial charge in [-0.2, -0.15) is 0 Å². The number of rotatable bonds is 4. The lowest BCUT2D eigenvalue weighted by Gasteiger charge is -2.32. The summed E-state index contributed by atoms with van der Waals surface area (Å²) in [5.41, 5.74) is 0.486. The first-order valence-electron chi connectivity index (χ1n) is 10.1. The van der Waals surface area contributed by atoms with Crippen molar-refractivity contribution in [3.05, 3.63) is 35.4 Å². The lowest BCUT2D eigenvalue weighted by molar-refractivity contribution is 0.199. The number of hydrogen-bond donors (Lipinski definition) is 2. The molecular formula is C20H24ClFN6O. The summed E-state index contributed by atoms with van der Waals surface area (Å²) < 4.78 is 14.3. The van der Waals surface area contributed by atoms with Gasteiger partial charge in [0.25, 0.3) is 0 Å². The van der Waals surface area contributed by atoms with Gasteiger partial charge in [-0.3, -0.25) is 0 Å². The number of halogens is 2. The standard InChI is InChI=1S/C20H24ClFN6O/c21-17-8-4-7-16(26-17)19-23-12-15(22)18(27-19)24-13-5-3-6-14(11-13)25-20(29)28-9-1-2-10-28/h4,7-8,12-14H,1-3,5-6,9-11H2,(H,25,29)(H,23,24,27)/t13-,14+/m0/s1. The van der Waals surface area contributed by atoms with E-state index < -0.39 is 5.82 Å². The summed E-state index contributed by atoms with van der Waals surface area (Å²) in [5, 5.41) is 6.65. The van der Waals surface area contributed by atoms with Crippen LogP contribution < -0.4 is 10.6 Å². The van der Waals surface area contributed by atoms with Gasteiger partial charge in [0.05, 0.1) is 6.20 Å². The molecule has 154 valence electrons. The number of nitrogens with zero attached hydrogens (tertiary/aromatic N) is 4. The molecule has 3 heterocycles. The third-order valence-corrected chi connectivity index (χ3v) is 5.63. The van der Waals surface area contributed by atoms with Crippen LogP contribution in [0.3, 0.4) is 0 Å². The maximum atomic E-state index is 14.3. The van der Waals surface area contributed by atoms with E-state index in [1.165, 1.54) is 0 Å². The molecule has 2 aliphatic rings. The number of amides is 2. The number of hydrogen-bond acceptors (Lipinski definition) is 5. The molecule has 4 rings (SSSR count). The van der Waals surface area contributed by atoms with Crippen molar-refractivity contribution >= 4 is 23.4 Å². The summed E-state index contributed by atoms with van der Waals surface area (Å²) in [7, 11) is 0. The van der Waals surface area contributed by atoms with Crippen molar-refractivity contribution in [2.24, 2.45) is 0 Å². The first-order valence-corrected chi connectivity index (χ1v) is 10.4. The fraction of sp³-hybridized carbons (Fsp3) is 0.500. The Balaban J connectivity index is 1.41. The van der Waals surface area contributed by atoms with Crippen molar-refractivity contribution in [1.82, 2.24) is 25.2 Å². The number of anilines is 1. The van der Waals surface area contributed by atoms with Crippen LogP contribution in [0.1, 0.15) is 38.5 Å². The molecule has 29 heavy (non-hydrogen) atoms. The fourth-order valence-electron chi connectivity index (χ4n) is 3.96. The lowest BCUT2D eigenvalue weighted by Crippen LogP contribution is -2.47. The van der Waals surface area contributed by atoms with Crippen LogP contribution in [0.5, 0.6) is 0 Å². The maximum Gasteiger partial charge on any atom is 0.317 e. The van der Waals surface area contributed by atoms with Gasteiger partial charge in [-0.05, 0) is 50.7 Å².